The SMILES string of the molecule is C=CCC[C@@H](C(=NC)SC=C)[C@H](C)[C@@H](OC)[C@@H]1CCCN1C(=O)C[C@@H](OC)[C@H]([C@@H](C)CC)N(C)C(=O)[C@@H](NC=O)C(C)C. The molecule has 0 unspecified atom stereocenters. The van der Waals surface area contributed by atoms with E-state index in [0.717, 1.165) is 37.1 Å². The lowest BCUT2D eigenvalue weighted by Gasteiger charge is -2.41. The van der Waals surface area contributed by atoms with E-state index in [1.165, 1.54) is 0 Å². The molecule has 3 amide bonds. The van der Waals surface area contributed by atoms with Crippen LogP contribution in [-0.4, -0.2) is 98.3 Å². The van der Waals surface area contributed by atoms with E-state index in [1.54, 1.807) is 37.9 Å². The number of ether oxygens (including phenoxy) is 2. The van der Waals surface area contributed by atoms with Crippen molar-refractivity contribution < 1.29 is 23.9 Å². The molecule has 0 spiro atoms. The molecule has 0 aliphatic carbocycles. The van der Waals surface area contributed by atoms with Gasteiger partial charge in [-0.2, -0.15) is 0 Å². The molecule has 1 fully saturated rings. The number of nitrogens with one attached hydrogen (secondary N) is 1. The van der Waals surface area contributed by atoms with Crippen molar-refractivity contribution in [2.75, 3.05) is 34.9 Å². The van der Waals surface area contributed by atoms with Gasteiger partial charge in [-0.25, -0.2) is 0 Å². The minimum Gasteiger partial charge on any atom is -0.379 e. The van der Waals surface area contributed by atoms with Crippen LogP contribution in [0.1, 0.15) is 73.1 Å². The van der Waals surface area contributed by atoms with E-state index in [9.17, 15) is 14.4 Å². The summed E-state index contributed by atoms with van der Waals surface area (Å²) in [6.07, 6.45) is 6.25. The lowest BCUT2D eigenvalue weighted by Crippen LogP contribution is -2.57. The highest BCUT2D eigenvalue weighted by Crippen LogP contribution is 2.35. The average Bonchev–Trinajstić information content (AvgIpc) is 3.48. The van der Waals surface area contributed by atoms with Crippen LogP contribution in [0.25, 0.3) is 0 Å². The fourth-order valence-corrected chi connectivity index (χ4v) is 7.34. The number of rotatable bonds is 20. The number of nitrogens with zero attached hydrogens (tertiary/aromatic N) is 3. The number of hydrogen-bond donors (Lipinski definition) is 1. The van der Waals surface area contributed by atoms with Crippen molar-refractivity contribution in [2.24, 2.45) is 28.7 Å². The highest BCUT2D eigenvalue weighted by atomic mass is 32.2. The van der Waals surface area contributed by atoms with Crippen LogP contribution >= 0.6 is 11.8 Å². The van der Waals surface area contributed by atoms with Crippen LogP contribution in [0.2, 0.25) is 0 Å². The summed E-state index contributed by atoms with van der Waals surface area (Å²) >= 11 is 1.54. The van der Waals surface area contributed by atoms with Crippen LogP contribution in [0.15, 0.2) is 29.6 Å². The van der Waals surface area contributed by atoms with Crippen LogP contribution < -0.4 is 5.32 Å². The van der Waals surface area contributed by atoms with E-state index in [4.69, 9.17) is 9.47 Å². The largest absolute Gasteiger partial charge is 0.379 e. The molecule has 246 valence electrons. The monoisotopic (exact) mass is 622 g/mol. The number of likely N-dealkylation sites (tertiary alicyclic amines) is 1. The molecule has 43 heavy (non-hydrogen) atoms. The highest BCUT2D eigenvalue weighted by Gasteiger charge is 2.43. The number of likely N-dealkylation sites (N-methyl/N-ethyl adjacent to an activating group) is 1. The molecular weight excluding hydrogens is 564 g/mol. The molecule has 1 N–H and O–H groups in total. The van der Waals surface area contributed by atoms with Crippen molar-refractivity contribution in [3.63, 3.8) is 0 Å². The Bertz CT molecular complexity index is 929. The topological polar surface area (TPSA) is 101 Å². The second-order valence-corrected chi connectivity index (χ2v) is 13.0. The molecule has 1 aliphatic heterocycles. The highest BCUT2D eigenvalue weighted by molar-refractivity contribution is 8.16. The quantitative estimate of drug-likeness (QED) is 0.0871. The summed E-state index contributed by atoms with van der Waals surface area (Å²) in [4.78, 5) is 47.0. The predicted molar refractivity (Wildman–Crippen MR) is 178 cm³/mol. The normalized spacial score (nSPS) is 20.5. The maximum Gasteiger partial charge on any atom is 0.245 e. The van der Waals surface area contributed by atoms with Gasteiger partial charge in [0.25, 0.3) is 0 Å². The Hall–Kier alpha value is -2.17. The lowest BCUT2D eigenvalue weighted by atomic mass is 9.82. The predicted octanol–water partition coefficient (Wildman–Crippen LogP) is 5.16. The molecule has 0 radical (unpaired) electrons. The first-order chi connectivity index (χ1) is 20.5. The molecule has 0 aromatic carbocycles. The molecule has 10 heteroatoms. The summed E-state index contributed by atoms with van der Waals surface area (Å²) in [5, 5.41) is 5.49. The molecule has 1 saturated heterocycles. The summed E-state index contributed by atoms with van der Waals surface area (Å²) < 4.78 is 12.1. The van der Waals surface area contributed by atoms with Crippen LogP contribution in [0.3, 0.4) is 0 Å². The Kier molecular flexibility index (Phi) is 18.1. The van der Waals surface area contributed by atoms with E-state index >= 15 is 0 Å². The molecular formula is C33H58N4O5S. The molecule has 0 aromatic heterocycles. The van der Waals surface area contributed by atoms with Gasteiger partial charge >= 0.3 is 0 Å². The zero-order chi connectivity index (χ0) is 32.7. The van der Waals surface area contributed by atoms with E-state index in [-0.39, 0.29) is 60.1 Å². The maximum absolute atomic E-state index is 14.0. The summed E-state index contributed by atoms with van der Waals surface area (Å²) in [7, 11) is 6.89. The molecule has 0 saturated carbocycles. The second kappa shape index (κ2) is 20.0. The van der Waals surface area contributed by atoms with Crippen LogP contribution in [-0.2, 0) is 23.9 Å². The number of aliphatic imine (C=N–C) groups is 1. The molecule has 8 atom stereocenters. The first-order valence-corrected chi connectivity index (χ1v) is 16.5. The molecule has 9 nitrogen and oxygen atoms in total. The average molecular weight is 623 g/mol. The van der Waals surface area contributed by atoms with Gasteiger partial charge in [0.15, 0.2) is 0 Å². The van der Waals surface area contributed by atoms with Crippen molar-refractivity contribution in [1.82, 2.24) is 15.1 Å². The number of carbonyl (C=O) groups excluding carboxylic acids is 3. The zero-order valence-electron chi connectivity index (χ0n) is 28.1. The van der Waals surface area contributed by atoms with Gasteiger partial charge in [-0.1, -0.05) is 65.5 Å². The van der Waals surface area contributed by atoms with E-state index < -0.39 is 12.1 Å². The van der Waals surface area contributed by atoms with Gasteiger partial charge in [0.05, 0.1) is 35.8 Å². The Balaban J connectivity index is 3.29. The van der Waals surface area contributed by atoms with Crippen molar-refractivity contribution in [3.8, 4) is 0 Å². The first-order valence-electron chi connectivity index (χ1n) is 15.7. The molecule has 1 rings (SSSR count). The maximum atomic E-state index is 14.0. The van der Waals surface area contributed by atoms with E-state index in [0.29, 0.717) is 13.0 Å². The Morgan fingerprint density at radius 3 is 2.35 bits per heavy atom. The second-order valence-electron chi connectivity index (χ2n) is 12.0. The van der Waals surface area contributed by atoms with Crippen molar-refractivity contribution in [1.29, 1.82) is 0 Å². The van der Waals surface area contributed by atoms with Crippen LogP contribution in [0.4, 0.5) is 0 Å². The van der Waals surface area contributed by atoms with Gasteiger partial charge in [-0.3, -0.25) is 19.4 Å². The lowest BCUT2D eigenvalue weighted by molar-refractivity contribution is -0.146. The third-order valence-corrected chi connectivity index (χ3v) is 10.0. The third kappa shape index (κ3) is 10.5. The van der Waals surface area contributed by atoms with E-state index in [1.807, 2.05) is 37.3 Å². The number of hydrogen-bond acceptors (Lipinski definition) is 7. The van der Waals surface area contributed by atoms with Crippen molar-refractivity contribution in [2.45, 2.75) is 103 Å². The van der Waals surface area contributed by atoms with Gasteiger partial charge in [-0.15, -0.1) is 6.58 Å². The smallest absolute Gasteiger partial charge is 0.245 e. The zero-order valence-corrected chi connectivity index (χ0v) is 28.9. The van der Waals surface area contributed by atoms with Crippen LogP contribution in [0.5, 0.6) is 0 Å². The molecule has 1 aliphatic rings. The minimum atomic E-state index is -0.654. The first kappa shape index (κ1) is 38.9. The summed E-state index contributed by atoms with van der Waals surface area (Å²) in [5.74, 6) is 0.0298. The molecule has 1 heterocycles. The van der Waals surface area contributed by atoms with Gasteiger partial charge in [0, 0.05) is 40.8 Å². The fourth-order valence-electron chi connectivity index (χ4n) is 6.56. The minimum absolute atomic E-state index is 0.00308. The number of carbonyl (C=O) groups is 3. The van der Waals surface area contributed by atoms with Gasteiger partial charge in [0.1, 0.15) is 6.04 Å². The number of methoxy groups -OCH3 is 2. The number of allylic oxidation sites excluding steroid dienone is 1. The Labute approximate surface area is 265 Å². The molecule has 0 aromatic rings. The Morgan fingerprint density at radius 1 is 1.19 bits per heavy atom. The standard InChI is InChI=1S/C33H58N4O5S/c1-12-15-17-25(32(34-8)43-14-3)24(7)31(42-11)26-18-16-19-37(26)28(39)20-27(41-10)30(23(6)13-2)36(9)33(40)29(22(4)5)35-21-38/h12,14,21-27,29-31H,1,3,13,15-20H2,2,4-11H3,(H,35,38)/t23-,24-,25+,26-,27+,29-,30-,31+/m0/s1. The van der Waals surface area contributed by atoms with Gasteiger partial charge in [0.2, 0.25) is 18.2 Å². The van der Waals surface area contributed by atoms with Gasteiger partial charge in [-0.05, 0) is 48.8 Å². The van der Waals surface area contributed by atoms with Gasteiger partial charge < -0.3 is 24.6 Å². The number of thioether (sulfide) groups is 1. The van der Waals surface area contributed by atoms with Crippen LogP contribution in [0, 0.1) is 23.7 Å². The fraction of sp³-hybridized carbons (Fsp3) is 0.758. The van der Waals surface area contributed by atoms with E-state index in [2.05, 4.69) is 44.2 Å². The summed E-state index contributed by atoms with van der Waals surface area (Å²) in [6, 6.07) is -1.08. The number of amides is 3. The van der Waals surface area contributed by atoms with Crippen molar-refractivity contribution in [3.05, 3.63) is 24.6 Å². The van der Waals surface area contributed by atoms with Crippen molar-refractivity contribution >= 4 is 35.0 Å². The summed E-state index contributed by atoms with van der Waals surface area (Å²) in [5.41, 5.74) is 0. The third-order valence-electron chi connectivity index (χ3n) is 9.11. The molecule has 0 bridgehead atoms. The summed E-state index contributed by atoms with van der Waals surface area (Å²) in [6.45, 7) is 18.6. The Morgan fingerprint density at radius 2 is 1.86 bits per heavy atom.